The fourth-order valence-corrected chi connectivity index (χ4v) is 0.888. The highest BCUT2D eigenvalue weighted by molar-refractivity contribution is 6.18. The molecular formula is C9H20ClN. The van der Waals surface area contributed by atoms with Crippen molar-refractivity contribution < 1.29 is 0 Å². The first-order valence-electron chi connectivity index (χ1n) is 4.15. The van der Waals surface area contributed by atoms with Gasteiger partial charge in [0.05, 0.1) is 0 Å². The zero-order valence-electron chi connectivity index (χ0n) is 8.32. The molecule has 0 radical (unpaired) electrons. The van der Waals surface area contributed by atoms with E-state index < -0.39 is 0 Å². The number of hydrogen-bond acceptors (Lipinski definition) is 1. The largest absolute Gasteiger partial charge is 0.301 e. The van der Waals surface area contributed by atoms with Gasteiger partial charge in [-0.05, 0) is 33.7 Å². The molecular weight excluding hydrogens is 158 g/mol. The Morgan fingerprint density at radius 1 is 1.36 bits per heavy atom. The first-order valence-corrected chi connectivity index (χ1v) is 4.68. The minimum Gasteiger partial charge on any atom is -0.301 e. The summed E-state index contributed by atoms with van der Waals surface area (Å²) in [5.74, 6) is 1.33. The van der Waals surface area contributed by atoms with Gasteiger partial charge in [0, 0.05) is 18.0 Å². The van der Waals surface area contributed by atoms with Crippen LogP contribution in [0.15, 0.2) is 0 Å². The number of halogens is 1. The van der Waals surface area contributed by atoms with Crippen molar-refractivity contribution in [3.63, 3.8) is 0 Å². The average Bonchev–Trinajstić information content (AvgIpc) is 1.85. The van der Waals surface area contributed by atoms with E-state index in [1.165, 1.54) is 0 Å². The molecule has 0 fully saturated rings. The smallest absolute Gasteiger partial charge is 0.0261 e. The lowest BCUT2D eigenvalue weighted by Crippen LogP contribution is -2.40. The van der Waals surface area contributed by atoms with Crippen molar-refractivity contribution in [3.8, 4) is 0 Å². The van der Waals surface area contributed by atoms with Crippen LogP contribution in [0.5, 0.6) is 0 Å². The van der Waals surface area contributed by atoms with E-state index in [9.17, 15) is 0 Å². The van der Waals surface area contributed by atoms with Gasteiger partial charge >= 0.3 is 0 Å². The van der Waals surface area contributed by atoms with Crippen LogP contribution in [-0.4, -0.2) is 29.9 Å². The summed E-state index contributed by atoms with van der Waals surface area (Å²) < 4.78 is 0. The second kappa shape index (κ2) is 4.32. The van der Waals surface area contributed by atoms with Crippen molar-refractivity contribution in [1.82, 2.24) is 4.90 Å². The maximum absolute atomic E-state index is 5.72. The molecule has 0 aliphatic heterocycles. The molecule has 11 heavy (non-hydrogen) atoms. The predicted molar refractivity (Wildman–Crippen MR) is 52.3 cm³/mol. The highest BCUT2D eigenvalue weighted by atomic mass is 35.5. The Hall–Kier alpha value is 0.250. The molecule has 0 saturated carbocycles. The Morgan fingerprint density at radius 2 is 1.82 bits per heavy atom. The molecule has 2 heteroatoms. The maximum atomic E-state index is 5.72. The van der Waals surface area contributed by atoms with Crippen molar-refractivity contribution in [2.24, 2.45) is 5.92 Å². The van der Waals surface area contributed by atoms with Crippen molar-refractivity contribution in [2.45, 2.75) is 33.2 Å². The van der Waals surface area contributed by atoms with E-state index in [1.54, 1.807) is 0 Å². The summed E-state index contributed by atoms with van der Waals surface area (Å²) >= 11 is 5.72. The Bertz CT molecular complexity index is 107. The molecule has 0 spiro atoms. The van der Waals surface area contributed by atoms with Crippen LogP contribution >= 0.6 is 11.6 Å². The number of rotatable bonds is 3. The second-order valence-electron chi connectivity index (χ2n) is 4.31. The van der Waals surface area contributed by atoms with Gasteiger partial charge in [-0.25, -0.2) is 0 Å². The third-order valence-electron chi connectivity index (χ3n) is 1.99. The second-order valence-corrected chi connectivity index (χ2v) is 4.62. The Balaban J connectivity index is 3.77. The van der Waals surface area contributed by atoms with Crippen molar-refractivity contribution in [2.75, 3.05) is 19.5 Å². The van der Waals surface area contributed by atoms with E-state index >= 15 is 0 Å². The Kier molecular flexibility index (Phi) is 4.42. The molecule has 1 unspecified atom stereocenters. The molecule has 0 N–H and O–H groups in total. The summed E-state index contributed by atoms with van der Waals surface area (Å²) in [5, 5.41) is 0. The highest BCUT2D eigenvalue weighted by Gasteiger charge is 2.18. The number of alkyl halides is 1. The molecule has 0 saturated heterocycles. The van der Waals surface area contributed by atoms with Gasteiger partial charge in [-0.3, -0.25) is 0 Å². The van der Waals surface area contributed by atoms with E-state index in [0.29, 0.717) is 5.92 Å². The molecule has 0 bridgehead atoms. The summed E-state index contributed by atoms with van der Waals surface area (Å²) in [6.45, 7) is 9.90. The highest BCUT2D eigenvalue weighted by Crippen LogP contribution is 2.12. The molecule has 0 aromatic rings. The maximum Gasteiger partial charge on any atom is 0.0261 e. The number of nitrogens with zero attached hydrogens (tertiary/aromatic N) is 1. The molecule has 0 aliphatic carbocycles. The topological polar surface area (TPSA) is 3.24 Å². The zero-order chi connectivity index (χ0) is 9.07. The molecule has 0 aromatic carbocycles. The monoisotopic (exact) mass is 177 g/mol. The molecule has 1 nitrogen and oxygen atoms in total. The third kappa shape index (κ3) is 4.65. The average molecular weight is 178 g/mol. The fraction of sp³-hybridized carbons (Fsp3) is 1.00. The van der Waals surface area contributed by atoms with Gasteiger partial charge in [-0.15, -0.1) is 11.6 Å². The quantitative estimate of drug-likeness (QED) is 0.600. The van der Waals surface area contributed by atoms with Crippen LogP contribution in [-0.2, 0) is 0 Å². The van der Waals surface area contributed by atoms with Crippen molar-refractivity contribution in [3.05, 3.63) is 0 Å². The lowest BCUT2D eigenvalue weighted by Gasteiger charge is -2.33. The van der Waals surface area contributed by atoms with Crippen molar-refractivity contribution in [1.29, 1.82) is 0 Å². The first-order chi connectivity index (χ1) is 4.88. The van der Waals surface area contributed by atoms with E-state index in [2.05, 4.69) is 39.6 Å². The molecule has 68 valence electrons. The fourth-order valence-electron chi connectivity index (χ4n) is 0.790. The summed E-state index contributed by atoms with van der Waals surface area (Å²) in [5.41, 5.74) is 0.264. The van der Waals surface area contributed by atoms with Gasteiger partial charge in [0.25, 0.3) is 0 Å². The van der Waals surface area contributed by atoms with Gasteiger partial charge < -0.3 is 4.90 Å². The van der Waals surface area contributed by atoms with Gasteiger partial charge in [0.15, 0.2) is 0 Å². The van der Waals surface area contributed by atoms with Gasteiger partial charge in [0.1, 0.15) is 0 Å². The Labute approximate surface area is 75.7 Å². The summed E-state index contributed by atoms with van der Waals surface area (Å²) in [6.07, 6.45) is 0. The molecule has 0 aliphatic rings. The lowest BCUT2D eigenvalue weighted by atomic mass is 10.1. The van der Waals surface area contributed by atoms with Crippen LogP contribution in [0, 0.1) is 5.92 Å². The van der Waals surface area contributed by atoms with E-state index in [1.807, 2.05) is 0 Å². The van der Waals surface area contributed by atoms with Crippen LogP contribution in [0.1, 0.15) is 27.7 Å². The van der Waals surface area contributed by atoms with E-state index in [4.69, 9.17) is 11.6 Å². The Morgan fingerprint density at radius 3 is 2.09 bits per heavy atom. The van der Waals surface area contributed by atoms with Crippen molar-refractivity contribution >= 4 is 11.6 Å². The van der Waals surface area contributed by atoms with Crippen LogP contribution in [0.25, 0.3) is 0 Å². The van der Waals surface area contributed by atoms with Crippen LogP contribution in [0.3, 0.4) is 0 Å². The van der Waals surface area contributed by atoms with Gasteiger partial charge in [-0.1, -0.05) is 6.92 Å². The van der Waals surface area contributed by atoms with Gasteiger partial charge in [-0.2, -0.15) is 0 Å². The number of hydrogen-bond donors (Lipinski definition) is 0. The molecule has 1 atom stereocenters. The standard InChI is InChI=1S/C9H20ClN/c1-8(6-10)7-11(5)9(2,3)4/h8H,6-7H2,1-5H3. The molecule has 0 heterocycles. The van der Waals surface area contributed by atoms with E-state index in [0.717, 1.165) is 12.4 Å². The van der Waals surface area contributed by atoms with Gasteiger partial charge in [0.2, 0.25) is 0 Å². The van der Waals surface area contributed by atoms with E-state index in [-0.39, 0.29) is 5.54 Å². The minimum absolute atomic E-state index is 0.264. The van der Waals surface area contributed by atoms with Crippen LogP contribution in [0.4, 0.5) is 0 Å². The third-order valence-corrected chi connectivity index (χ3v) is 2.52. The zero-order valence-corrected chi connectivity index (χ0v) is 9.07. The summed E-state index contributed by atoms with van der Waals surface area (Å²) in [6, 6.07) is 0. The predicted octanol–water partition coefficient (Wildman–Crippen LogP) is 2.59. The summed E-state index contributed by atoms with van der Waals surface area (Å²) in [7, 11) is 2.14. The normalized spacial score (nSPS) is 15.5. The van der Waals surface area contributed by atoms with Crippen LogP contribution < -0.4 is 0 Å². The summed E-state index contributed by atoms with van der Waals surface area (Å²) in [4.78, 5) is 2.33. The SMILES string of the molecule is CC(CCl)CN(C)C(C)(C)C. The first kappa shape index (κ1) is 11.2. The molecule has 0 aromatic heterocycles. The molecule has 0 rings (SSSR count). The minimum atomic E-state index is 0.264. The molecule has 0 amide bonds. The van der Waals surface area contributed by atoms with Crippen LogP contribution in [0.2, 0.25) is 0 Å². The lowest BCUT2D eigenvalue weighted by molar-refractivity contribution is 0.158.